The van der Waals surface area contributed by atoms with Gasteiger partial charge in [-0.15, -0.1) is 6.42 Å². The van der Waals surface area contributed by atoms with Gasteiger partial charge in [-0.1, -0.05) is 30.7 Å². The molecule has 0 bridgehead atoms. The van der Waals surface area contributed by atoms with Crippen LogP contribution in [0.3, 0.4) is 0 Å². The van der Waals surface area contributed by atoms with E-state index in [2.05, 4.69) is 13.0 Å². The molecule has 1 nitrogen and oxygen atoms in total. The molecule has 1 aromatic rings. The van der Waals surface area contributed by atoms with E-state index in [0.717, 1.165) is 6.42 Å². The van der Waals surface area contributed by atoms with Crippen molar-refractivity contribution in [3.63, 3.8) is 0 Å². The van der Waals surface area contributed by atoms with Crippen molar-refractivity contribution >= 4 is 6.29 Å². The van der Waals surface area contributed by atoms with E-state index in [0.29, 0.717) is 6.42 Å². The van der Waals surface area contributed by atoms with E-state index < -0.39 is 0 Å². The van der Waals surface area contributed by atoms with Gasteiger partial charge in [0.1, 0.15) is 0 Å². The first-order valence-electron chi connectivity index (χ1n) is 3.74. The molecule has 0 fully saturated rings. The summed E-state index contributed by atoms with van der Waals surface area (Å²) in [7, 11) is 0. The SMILES string of the molecule is Cc1ccccc1CC[C-]=O.[Zr]. The van der Waals surface area contributed by atoms with Crippen molar-refractivity contribution in [3.05, 3.63) is 35.4 Å². The van der Waals surface area contributed by atoms with E-state index in [-0.39, 0.29) is 26.2 Å². The topological polar surface area (TPSA) is 17.1 Å². The van der Waals surface area contributed by atoms with Gasteiger partial charge in [0.2, 0.25) is 0 Å². The first-order valence-corrected chi connectivity index (χ1v) is 3.74. The number of rotatable bonds is 3. The molecule has 0 aliphatic heterocycles. The van der Waals surface area contributed by atoms with Crippen molar-refractivity contribution in [3.8, 4) is 0 Å². The molecule has 0 heterocycles. The van der Waals surface area contributed by atoms with Gasteiger partial charge in [-0.25, -0.2) is 0 Å². The van der Waals surface area contributed by atoms with Gasteiger partial charge < -0.3 is 4.79 Å². The predicted octanol–water partition coefficient (Wildman–Crippen LogP) is 2.03. The Labute approximate surface area is 92.3 Å². The number of hydrogen-bond donors (Lipinski definition) is 0. The monoisotopic (exact) mass is 237 g/mol. The maximum absolute atomic E-state index is 9.96. The number of hydrogen-bond acceptors (Lipinski definition) is 1. The fraction of sp³-hybridized carbons (Fsp3) is 0.300. The van der Waals surface area contributed by atoms with Crippen LogP contribution in [0.2, 0.25) is 0 Å². The first-order chi connectivity index (χ1) is 5.34. The molecule has 12 heavy (non-hydrogen) atoms. The van der Waals surface area contributed by atoms with Crippen LogP contribution in [0.4, 0.5) is 0 Å². The summed E-state index contributed by atoms with van der Waals surface area (Å²) in [5.41, 5.74) is 2.50. The van der Waals surface area contributed by atoms with Gasteiger partial charge in [-0.05, 0) is 18.1 Å². The zero-order valence-corrected chi connectivity index (χ0v) is 9.59. The summed E-state index contributed by atoms with van der Waals surface area (Å²) in [6.07, 6.45) is 3.21. The molecule has 0 N–H and O–H groups in total. The Bertz CT molecular complexity index is 245. The van der Waals surface area contributed by atoms with Gasteiger partial charge in [-0.2, -0.15) is 0 Å². The van der Waals surface area contributed by atoms with Gasteiger partial charge in [-0.3, -0.25) is 6.29 Å². The molecule has 0 amide bonds. The summed E-state index contributed by atoms with van der Waals surface area (Å²) < 4.78 is 0. The average Bonchev–Trinajstić information content (AvgIpc) is 2.03. The van der Waals surface area contributed by atoms with Gasteiger partial charge in [0.05, 0.1) is 0 Å². The fourth-order valence-electron chi connectivity index (χ4n) is 1.08. The smallest absolute Gasteiger partial charge is 0 e. The van der Waals surface area contributed by atoms with Crippen LogP contribution in [0.15, 0.2) is 24.3 Å². The van der Waals surface area contributed by atoms with E-state index in [1.807, 2.05) is 24.5 Å². The Morgan fingerprint density at radius 1 is 1.33 bits per heavy atom. The van der Waals surface area contributed by atoms with E-state index in [9.17, 15) is 4.79 Å². The molecule has 0 aliphatic carbocycles. The normalized spacial score (nSPS) is 8.75. The second kappa shape index (κ2) is 6.31. The van der Waals surface area contributed by atoms with Crippen molar-refractivity contribution < 1.29 is 31.0 Å². The Morgan fingerprint density at radius 3 is 2.58 bits per heavy atom. The minimum atomic E-state index is 0. The fourth-order valence-corrected chi connectivity index (χ4v) is 1.08. The second-order valence-electron chi connectivity index (χ2n) is 2.57. The largest absolute Gasteiger partial charge is 0.542 e. The van der Waals surface area contributed by atoms with Crippen molar-refractivity contribution in [2.75, 3.05) is 0 Å². The third-order valence-corrected chi connectivity index (χ3v) is 1.76. The van der Waals surface area contributed by atoms with Gasteiger partial charge >= 0.3 is 0 Å². The van der Waals surface area contributed by atoms with Crippen LogP contribution in [0, 0.1) is 6.92 Å². The van der Waals surface area contributed by atoms with Crippen molar-refractivity contribution in [2.24, 2.45) is 0 Å². The standard InChI is InChI=1S/C10H11O.Zr/c1-9-5-2-3-6-10(9)7-4-8-11;/h2-3,5-6H,4,7H2,1H3;/q-1;. The average molecular weight is 238 g/mol. The van der Waals surface area contributed by atoms with Gasteiger partial charge in [0.25, 0.3) is 0 Å². The molecule has 0 aromatic heterocycles. The molecule has 2 heteroatoms. The quantitative estimate of drug-likeness (QED) is 0.737. The third-order valence-electron chi connectivity index (χ3n) is 1.76. The molecule has 0 radical (unpaired) electrons. The molecular weight excluding hydrogens is 227 g/mol. The van der Waals surface area contributed by atoms with Crippen molar-refractivity contribution in [1.82, 2.24) is 0 Å². The van der Waals surface area contributed by atoms with Crippen LogP contribution >= 0.6 is 0 Å². The maximum Gasteiger partial charge on any atom is 0 e. The first kappa shape index (κ1) is 11.8. The minimum absolute atomic E-state index is 0. The zero-order valence-electron chi connectivity index (χ0n) is 7.13. The van der Waals surface area contributed by atoms with Crippen LogP contribution < -0.4 is 0 Å². The molecule has 62 valence electrons. The van der Waals surface area contributed by atoms with Crippen LogP contribution in [0.5, 0.6) is 0 Å². The summed E-state index contributed by atoms with van der Waals surface area (Å²) in [5, 5.41) is 0. The number of benzene rings is 1. The number of aryl methyl sites for hydroxylation is 2. The minimum Gasteiger partial charge on any atom is -0.542 e. The van der Waals surface area contributed by atoms with Crippen molar-refractivity contribution in [2.45, 2.75) is 19.8 Å². The van der Waals surface area contributed by atoms with E-state index in [1.54, 1.807) is 0 Å². The van der Waals surface area contributed by atoms with E-state index in [4.69, 9.17) is 0 Å². The molecule has 0 saturated heterocycles. The van der Waals surface area contributed by atoms with Crippen LogP contribution in [-0.2, 0) is 37.4 Å². The molecule has 1 aromatic carbocycles. The van der Waals surface area contributed by atoms with Crippen LogP contribution in [0.25, 0.3) is 0 Å². The Kier molecular flexibility index (Phi) is 6.19. The molecule has 0 spiro atoms. The van der Waals surface area contributed by atoms with E-state index in [1.165, 1.54) is 11.1 Å². The predicted molar refractivity (Wildman–Crippen MR) is 45.2 cm³/mol. The summed E-state index contributed by atoms with van der Waals surface area (Å²) in [6, 6.07) is 8.10. The van der Waals surface area contributed by atoms with Crippen molar-refractivity contribution in [1.29, 1.82) is 0 Å². The molecular formula is C10H11OZr-. The summed E-state index contributed by atoms with van der Waals surface area (Å²) in [4.78, 5) is 9.96. The molecule has 1 rings (SSSR count). The Balaban J connectivity index is 0.00000121. The maximum atomic E-state index is 9.96. The Hall–Kier alpha value is -0.227. The van der Waals surface area contributed by atoms with Gasteiger partial charge in [0.15, 0.2) is 0 Å². The summed E-state index contributed by atoms with van der Waals surface area (Å²) in [6.45, 7) is 2.06. The second-order valence-corrected chi connectivity index (χ2v) is 2.57. The molecule has 0 unspecified atom stereocenters. The molecule has 0 aliphatic rings. The van der Waals surface area contributed by atoms with Crippen LogP contribution in [-0.4, -0.2) is 6.29 Å². The van der Waals surface area contributed by atoms with E-state index >= 15 is 0 Å². The third kappa shape index (κ3) is 3.45. The molecule has 0 saturated carbocycles. The summed E-state index contributed by atoms with van der Waals surface area (Å²) >= 11 is 0. The molecule has 0 atom stereocenters. The van der Waals surface area contributed by atoms with Gasteiger partial charge in [0, 0.05) is 26.2 Å². The van der Waals surface area contributed by atoms with Crippen LogP contribution in [0.1, 0.15) is 17.5 Å². The Morgan fingerprint density at radius 2 is 2.00 bits per heavy atom. The summed E-state index contributed by atoms with van der Waals surface area (Å²) in [5.74, 6) is 0. The number of carbonyl (C=O) groups excluding carboxylic acids is 1. The zero-order chi connectivity index (χ0) is 8.10.